The van der Waals surface area contributed by atoms with E-state index in [-0.39, 0.29) is 5.56 Å². The maximum Gasteiger partial charge on any atom is 0.248 e. The topological polar surface area (TPSA) is 32.9 Å². The van der Waals surface area contributed by atoms with Crippen molar-refractivity contribution in [2.24, 2.45) is 0 Å². The van der Waals surface area contributed by atoms with Crippen molar-refractivity contribution in [3.8, 4) is 0 Å². The summed E-state index contributed by atoms with van der Waals surface area (Å²) in [5.41, 5.74) is -0.0362. The van der Waals surface area contributed by atoms with E-state index < -0.39 is 0 Å². The first-order chi connectivity index (χ1) is 4.86. The van der Waals surface area contributed by atoms with Crippen LogP contribution in [0.3, 0.4) is 0 Å². The molecule has 2 rings (SSSR count). The van der Waals surface area contributed by atoms with E-state index >= 15 is 0 Å². The lowest BCUT2D eigenvalue weighted by molar-refractivity contribution is 1.27. The minimum absolute atomic E-state index is 0.0362. The molecule has 10 heavy (non-hydrogen) atoms. The van der Waals surface area contributed by atoms with Gasteiger partial charge in [-0.1, -0.05) is 0 Å². The number of rotatable bonds is 0. The van der Waals surface area contributed by atoms with Gasteiger partial charge in [-0.25, -0.2) is 0 Å². The third kappa shape index (κ3) is 0.752. The van der Waals surface area contributed by atoms with Crippen molar-refractivity contribution in [3.05, 3.63) is 34.1 Å². The van der Waals surface area contributed by atoms with Crippen LogP contribution in [0.25, 0.3) is 10.1 Å². The van der Waals surface area contributed by atoms with E-state index in [0.717, 1.165) is 10.1 Å². The smallest absolute Gasteiger partial charge is 0.248 e. The van der Waals surface area contributed by atoms with Crippen molar-refractivity contribution in [2.75, 3.05) is 0 Å². The average Bonchev–Trinajstić information content (AvgIpc) is 2.33. The second kappa shape index (κ2) is 1.95. The summed E-state index contributed by atoms with van der Waals surface area (Å²) in [7, 11) is 0. The van der Waals surface area contributed by atoms with Crippen LogP contribution in [0.5, 0.6) is 0 Å². The summed E-state index contributed by atoms with van der Waals surface area (Å²) in [6, 6.07) is 3.54. The molecule has 2 aromatic heterocycles. The van der Waals surface area contributed by atoms with Crippen molar-refractivity contribution >= 4 is 21.4 Å². The molecule has 3 heteroatoms. The molecular formula is C7H5NOS. The summed E-state index contributed by atoms with van der Waals surface area (Å²) in [5.74, 6) is 0. The van der Waals surface area contributed by atoms with Crippen LogP contribution in [0.15, 0.2) is 28.5 Å². The fraction of sp³-hybridized carbons (Fsp3) is 0. The summed E-state index contributed by atoms with van der Waals surface area (Å²) in [6.07, 6.45) is 1.74. The van der Waals surface area contributed by atoms with E-state index in [9.17, 15) is 4.79 Å². The molecule has 0 saturated heterocycles. The van der Waals surface area contributed by atoms with Gasteiger partial charge in [0.2, 0.25) is 5.56 Å². The lowest BCUT2D eigenvalue weighted by Crippen LogP contribution is -1.99. The molecule has 50 valence electrons. The van der Waals surface area contributed by atoms with E-state index in [1.807, 2.05) is 11.4 Å². The first-order valence-electron chi connectivity index (χ1n) is 2.92. The molecule has 2 aromatic rings. The number of fused-ring (bicyclic) bond motifs is 1. The Bertz CT molecular complexity index is 401. The molecule has 0 aromatic carbocycles. The van der Waals surface area contributed by atoms with Gasteiger partial charge in [0.25, 0.3) is 0 Å². The van der Waals surface area contributed by atoms with Gasteiger partial charge in [0.15, 0.2) is 0 Å². The molecule has 2 heterocycles. The summed E-state index contributed by atoms with van der Waals surface area (Å²) in [6.45, 7) is 0. The monoisotopic (exact) mass is 151 g/mol. The highest BCUT2D eigenvalue weighted by Crippen LogP contribution is 2.16. The molecule has 2 nitrogen and oxygen atoms in total. The van der Waals surface area contributed by atoms with E-state index in [1.165, 1.54) is 0 Å². The summed E-state index contributed by atoms with van der Waals surface area (Å²) in [4.78, 5) is 13.3. The zero-order valence-corrected chi connectivity index (χ0v) is 5.94. The fourth-order valence-corrected chi connectivity index (χ4v) is 1.64. The Labute approximate surface area is 61.1 Å². The maximum absolute atomic E-state index is 10.7. The van der Waals surface area contributed by atoms with Crippen molar-refractivity contribution in [1.29, 1.82) is 0 Å². The van der Waals surface area contributed by atoms with Crippen LogP contribution in [0.4, 0.5) is 0 Å². The summed E-state index contributed by atoms with van der Waals surface area (Å²) < 4.78 is 1.12. The number of H-pyrrole nitrogens is 1. The lowest BCUT2D eigenvalue weighted by Gasteiger charge is -1.83. The van der Waals surface area contributed by atoms with Gasteiger partial charge in [0.05, 0.1) is 4.70 Å². The van der Waals surface area contributed by atoms with Crippen LogP contribution >= 0.6 is 11.3 Å². The molecule has 0 fully saturated rings. The predicted octanol–water partition coefficient (Wildman–Crippen LogP) is 1.59. The normalized spacial score (nSPS) is 10.4. The number of nitrogens with one attached hydrogen (secondary N) is 1. The molecule has 0 spiro atoms. The second-order valence-electron chi connectivity index (χ2n) is 2.04. The van der Waals surface area contributed by atoms with Crippen LogP contribution in [0.1, 0.15) is 0 Å². The van der Waals surface area contributed by atoms with Crippen LogP contribution < -0.4 is 5.56 Å². The molecule has 0 aliphatic carbocycles. The third-order valence-electron chi connectivity index (χ3n) is 1.36. The molecule has 0 saturated carbocycles. The molecule has 0 bridgehead atoms. The Balaban J connectivity index is 2.99. The number of hydrogen-bond acceptors (Lipinski definition) is 2. The number of thiophene rings is 1. The number of pyridine rings is 1. The highest BCUT2D eigenvalue weighted by Gasteiger charge is 1.92. The lowest BCUT2D eigenvalue weighted by atomic mass is 10.3. The van der Waals surface area contributed by atoms with Crippen molar-refractivity contribution < 1.29 is 0 Å². The number of aromatic nitrogens is 1. The quantitative estimate of drug-likeness (QED) is 0.609. The highest BCUT2D eigenvalue weighted by molar-refractivity contribution is 7.17. The minimum Gasteiger partial charge on any atom is -0.328 e. The number of aromatic amines is 1. The first-order valence-corrected chi connectivity index (χ1v) is 3.80. The minimum atomic E-state index is -0.0362. The fourth-order valence-electron chi connectivity index (χ4n) is 0.887. The Hall–Kier alpha value is -1.09. The molecule has 1 N–H and O–H groups in total. The average molecular weight is 151 g/mol. The molecule has 0 radical (unpaired) electrons. The van der Waals surface area contributed by atoms with Gasteiger partial charge < -0.3 is 4.98 Å². The van der Waals surface area contributed by atoms with Gasteiger partial charge in [0.1, 0.15) is 0 Å². The highest BCUT2D eigenvalue weighted by atomic mass is 32.1. The Morgan fingerprint density at radius 1 is 1.50 bits per heavy atom. The third-order valence-corrected chi connectivity index (χ3v) is 2.24. The van der Waals surface area contributed by atoms with Crippen LogP contribution in [-0.2, 0) is 0 Å². The van der Waals surface area contributed by atoms with Gasteiger partial charge in [0, 0.05) is 12.3 Å². The maximum atomic E-state index is 10.7. The van der Waals surface area contributed by atoms with Crippen LogP contribution in [-0.4, -0.2) is 4.98 Å². The molecule has 0 unspecified atom stereocenters. The van der Waals surface area contributed by atoms with E-state index in [2.05, 4.69) is 4.98 Å². The molecule has 0 atom stereocenters. The van der Waals surface area contributed by atoms with Gasteiger partial charge in [-0.05, 0) is 16.8 Å². The zero-order chi connectivity index (χ0) is 6.97. The van der Waals surface area contributed by atoms with Crippen LogP contribution in [0.2, 0.25) is 0 Å². The molecule has 0 amide bonds. The second-order valence-corrected chi connectivity index (χ2v) is 2.99. The van der Waals surface area contributed by atoms with Crippen molar-refractivity contribution in [2.45, 2.75) is 0 Å². The van der Waals surface area contributed by atoms with E-state index in [0.29, 0.717) is 0 Å². The van der Waals surface area contributed by atoms with Gasteiger partial charge in [-0.2, -0.15) is 0 Å². The molecular weight excluding hydrogens is 146 g/mol. The van der Waals surface area contributed by atoms with Crippen molar-refractivity contribution in [3.63, 3.8) is 0 Å². The summed E-state index contributed by atoms with van der Waals surface area (Å²) in [5, 5.41) is 2.99. The first kappa shape index (κ1) is 5.68. The Morgan fingerprint density at radius 3 is 3.30 bits per heavy atom. The molecule has 0 aliphatic rings. The van der Waals surface area contributed by atoms with Crippen LogP contribution in [0, 0.1) is 0 Å². The number of hydrogen-bond donors (Lipinski definition) is 1. The van der Waals surface area contributed by atoms with Crippen molar-refractivity contribution in [1.82, 2.24) is 4.98 Å². The van der Waals surface area contributed by atoms with E-state index in [1.54, 1.807) is 23.6 Å². The predicted molar refractivity (Wildman–Crippen MR) is 42.4 cm³/mol. The van der Waals surface area contributed by atoms with Gasteiger partial charge in [-0.15, -0.1) is 11.3 Å². The Morgan fingerprint density at radius 2 is 2.40 bits per heavy atom. The standard InChI is InChI=1S/C7H5NOS/c9-7-3-5-1-2-10-6(5)4-8-7/h1-4H,(H,8,9). The largest absolute Gasteiger partial charge is 0.328 e. The Kier molecular flexibility index (Phi) is 1.11. The van der Waals surface area contributed by atoms with E-state index in [4.69, 9.17) is 0 Å². The van der Waals surface area contributed by atoms with Gasteiger partial charge >= 0.3 is 0 Å². The zero-order valence-electron chi connectivity index (χ0n) is 5.13. The SMILES string of the molecule is O=c1cc2ccsc2c[nH]1. The molecule has 0 aliphatic heterocycles. The summed E-state index contributed by atoms with van der Waals surface area (Å²) >= 11 is 1.63. The van der Waals surface area contributed by atoms with Gasteiger partial charge in [-0.3, -0.25) is 4.79 Å².